The molecule has 7 heteroatoms. The number of nitrogens with zero attached hydrogens (tertiary/aromatic N) is 2. The third kappa shape index (κ3) is 2.96. The van der Waals surface area contributed by atoms with Crippen molar-refractivity contribution in [1.82, 2.24) is 15.5 Å². The molecule has 0 unspecified atom stereocenters. The third-order valence-corrected chi connectivity index (χ3v) is 5.77. The minimum atomic E-state index is 0.712. The molecule has 2 aromatic heterocycles. The van der Waals surface area contributed by atoms with Crippen molar-refractivity contribution < 1.29 is 0 Å². The normalized spacial score (nSPS) is 15.4. The lowest BCUT2D eigenvalue weighted by Gasteiger charge is -1.95. The lowest BCUT2D eigenvalue weighted by atomic mass is 10.4. The Balaban J connectivity index is 1.76. The Labute approximate surface area is 124 Å². The first-order chi connectivity index (χ1) is 8.22. The lowest BCUT2D eigenvalue weighted by molar-refractivity contribution is 0.679. The van der Waals surface area contributed by atoms with E-state index in [4.69, 9.17) is 0 Å². The van der Waals surface area contributed by atoms with E-state index in [2.05, 4.69) is 53.4 Å². The maximum atomic E-state index is 4.24. The second-order valence-corrected chi connectivity index (χ2v) is 8.71. The fourth-order valence-corrected chi connectivity index (χ4v) is 5.25. The Hall–Kier alpha value is 0.180. The van der Waals surface area contributed by atoms with Gasteiger partial charge in [0.15, 0.2) is 0 Å². The molecule has 1 saturated carbocycles. The first kappa shape index (κ1) is 12.2. The molecule has 0 radical (unpaired) electrons. The highest BCUT2D eigenvalue weighted by Crippen LogP contribution is 2.39. The summed E-state index contributed by atoms with van der Waals surface area (Å²) in [5, 5.41) is 13.9. The molecule has 90 valence electrons. The van der Waals surface area contributed by atoms with Crippen LogP contribution in [0.5, 0.6) is 0 Å². The fraction of sp³-hybridized carbons (Fsp3) is 0.400. The van der Waals surface area contributed by atoms with Crippen LogP contribution >= 0.6 is 54.5 Å². The molecule has 1 N–H and O–H groups in total. The highest BCUT2D eigenvalue weighted by atomic mass is 79.9. The molecule has 0 saturated heterocycles. The molecule has 0 atom stereocenters. The summed E-state index contributed by atoms with van der Waals surface area (Å²) in [6, 6.07) is 2.79. The number of hydrogen-bond donors (Lipinski definition) is 1. The van der Waals surface area contributed by atoms with Crippen LogP contribution in [0.4, 0.5) is 0 Å². The van der Waals surface area contributed by atoms with Crippen LogP contribution in [0.1, 0.15) is 17.8 Å². The van der Waals surface area contributed by atoms with E-state index in [9.17, 15) is 0 Å². The van der Waals surface area contributed by atoms with Crippen molar-refractivity contribution in [2.45, 2.75) is 25.4 Å². The number of thiophene rings is 1. The molecule has 1 aliphatic rings. The topological polar surface area (TPSA) is 37.8 Å². The first-order valence-electron chi connectivity index (χ1n) is 5.23. The first-order valence-corrected chi connectivity index (χ1v) is 8.45. The second-order valence-electron chi connectivity index (χ2n) is 3.89. The second kappa shape index (κ2) is 5.05. The summed E-state index contributed by atoms with van der Waals surface area (Å²) >= 11 is 10.3. The molecule has 3 nitrogen and oxygen atoms in total. The van der Waals surface area contributed by atoms with Crippen LogP contribution in [0.25, 0.3) is 10.6 Å². The average Bonchev–Trinajstić information content (AvgIpc) is 2.90. The summed E-state index contributed by atoms with van der Waals surface area (Å²) in [7, 11) is 0. The largest absolute Gasteiger partial charge is 0.308 e. The molecule has 2 aromatic rings. The molecule has 0 amide bonds. The molecule has 0 spiro atoms. The highest BCUT2D eigenvalue weighted by Gasteiger charge is 2.21. The number of aromatic nitrogens is 2. The lowest BCUT2D eigenvalue weighted by Crippen LogP contribution is -2.14. The minimum absolute atomic E-state index is 0.712. The number of hydrogen-bond acceptors (Lipinski definition) is 5. The number of halogens is 2. The Morgan fingerprint density at radius 1 is 1.29 bits per heavy atom. The van der Waals surface area contributed by atoms with Crippen molar-refractivity contribution in [1.29, 1.82) is 0 Å². The molecular weight excluding hydrogens is 386 g/mol. The predicted octanol–water partition coefficient (Wildman–Crippen LogP) is 4.04. The number of nitrogens with one attached hydrogen (secondary N) is 1. The molecular formula is C10H9Br2N3S2. The Morgan fingerprint density at radius 3 is 2.76 bits per heavy atom. The molecule has 0 aliphatic heterocycles. The summed E-state index contributed by atoms with van der Waals surface area (Å²) < 4.78 is 2.20. The van der Waals surface area contributed by atoms with Crippen LogP contribution < -0.4 is 5.32 Å². The van der Waals surface area contributed by atoms with Gasteiger partial charge in [-0.25, -0.2) is 0 Å². The average molecular weight is 395 g/mol. The van der Waals surface area contributed by atoms with Crippen molar-refractivity contribution in [3.05, 3.63) is 18.6 Å². The predicted molar refractivity (Wildman–Crippen MR) is 78.5 cm³/mol. The SMILES string of the molecule is Brc1cc(-c2nnc(CNC3CC3)s2)c(Br)s1. The fourth-order valence-electron chi connectivity index (χ4n) is 1.44. The molecule has 0 aromatic carbocycles. The maximum absolute atomic E-state index is 4.24. The molecule has 17 heavy (non-hydrogen) atoms. The van der Waals surface area contributed by atoms with Gasteiger partial charge in [-0.2, -0.15) is 0 Å². The van der Waals surface area contributed by atoms with Crippen molar-refractivity contribution in [2.24, 2.45) is 0 Å². The highest BCUT2D eigenvalue weighted by molar-refractivity contribution is 9.12. The van der Waals surface area contributed by atoms with E-state index in [-0.39, 0.29) is 0 Å². The summed E-state index contributed by atoms with van der Waals surface area (Å²) in [5.74, 6) is 0. The van der Waals surface area contributed by atoms with Gasteiger partial charge in [0.05, 0.1) is 7.57 Å². The van der Waals surface area contributed by atoms with Gasteiger partial charge in [-0.1, -0.05) is 11.3 Å². The van der Waals surface area contributed by atoms with Crippen molar-refractivity contribution in [3.63, 3.8) is 0 Å². The Morgan fingerprint density at radius 2 is 2.12 bits per heavy atom. The Bertz CT molecular complexity index is 533. The molecule has 1 fully saturated rings. The monoisotopic (exact) mass is 393 g/mol. The van der Waals surface area contributed by atoms with Gasteiger partial charge in [-0.15, -0.1) is 21.5 Å². The van der Waals surface area contributed by atoms with Gasteiger partial charge in [-0.05, 0) is 50.8 Å². The molecule has 1 aliphatic carbocycles. The smallest absolute Gasteiger partial charge is 0.149 e. The van der Waals surface area contributed by atoms with E-state index >= 15 is 0 Å². The van der Waals surface area contributed by atoms with Crippen molar-refractivity contribution >= 4 is 54.5 Å². The number of rotatable bonds is 4. The summed E-state index contributed by atoms with van der Waals surface area (Å²) in [4.78, 5) is 0. The van der Waals surface area contributed by atoms with Crippen LogP contribution in [-0.2, 0) is 6.54 Å². The van der Waals surface area contributed by atoms with Gasteiger partial charge in [0.1, 0.15) is 10.0 Å². The van der Waals surface area contributed by atoms with E-state index in [0.717, 1.165) is 29.7 Å². The van der Waals surface area contributed by atoms with E-state index in [1.807, 2.05) is 0 Å². The summed E-state index contributed by atoms with van der Waals surface area (Å²) in [5.41, 5.74) is 1.12. The van der Waals surface area contributed by atoms with Gasteiger partial charge in [0.25, 0.3) is 0 Å². The summed E-state index contributed by atoms with van der Waals surface area (Å²) in [6.45, 7) is 0.839. The van der Waals surface area contributed by atoms with Crippen LogP contribution in [0.3, 0.4) is 0 Å². The van der Waals surface area contributed by atoms with Crippen LogP contribution in [-0.4, -0.2) is 16.2 Å². The van der Waals surface area contributed by atoms with Crippen LogP contribution in [0.2, 0.25) is 0 Å². The zero-order chi connectivity index (χ0) is 11.8. The van der Waals surface area contributed by atoms with E-state index in [1.165, 1.54) is 12.8 Å². The van der Waals surface area contributed by atoms with Gasteiger partial charge < -0.3 is 5.32 Å². The van der Waals surface area contributed by atoms with Gasteiger partial charge in [0, 0.05) is 18.2 Å². The van der Waals surface area contributed by atoms with E-state index in [1.54, 1.807) is 22.7 Å². The zero-order valence-corrected chi connectivity index (χ0v) is 13.5. The minimum Gasteiger partial charge on any atom is -0.308 e. The standard InChI is InChI=1S/C10H9Br2N3S2/c11-7-3-6(9(12)16-7)10-15-14-8(17-10)4-13-5-1-2-5/h3,5,13H,1-2,4H2. The summed E-state index contributed by atoms with van der Waals surface area (Å²) in [6.07, 6.45) is 2.60. The zero-order valence-electron chi connectivity index (χ0n) is 8.74. The van der Waals surface area contributed by atoms with E-state index in [0.29, 0.717) is 6.04 Å². The van der Waals surface area contributed by atoms with Crippen molar-refractivity contribution in [3.8, 4) is 10.6 Å². The van der Waals surface area contributed by atoms with Gasteiger partial charge in [0.2, 0.25) is 0 Å². The Kier molecular flexibility index (Phi) is 3.63. The van der Waals surface area contributed by atoms with Gasteiger partial charge in [-0.3, -0.25) is 0 Å². The maximum Gasteiger partial charge on any atom is 0.149 e. The van der Waals surface area contributed by atoms with Gasteiger partial charge >= 0.3 is 0 Å². The third-order valence-electron chi connectivity index (χ3n) is 2.47. The van der Waals surface area contributed by atoms with Crippen molar-refractivity contribution in [2.75, 3.05) is 0 Å². The molecule has 2 heterocycles. The molecule has 0 bridgehead atoms. The van der Waals surface area contributed by atoms with Crippen LogP contribution in [0, 0.1) is 0 Å². The van der Waals surface area contributed by atoms with Crippen LogP contribution in [0.15, 0.2) is 13.6 Å². The quantitative estimate of drug-likeness (QED) is 0.850. The van der Waals surface area contributed by atoms with E-state index < -0.39 is 0 Å². The molecule has 3 rings (SSSR count).